The van der Waals surface area contributed by atoms with Crippen molar-refractivity contribution in [1.82, 2.24) is 19.8 Å². The van der Waals surface area contributed by atoms with Crippen molar-refractivity contribution in [1.29, 1.82) is 0 Å². The minimum Gasteiger partial charge on any atom is -0.495 e. The smallest absolute Gasteiger partial charge is 0.225 e. The molecule has 2 aliphatic rings. The number of hydrogen-bond donors (Lipinski definition) is 0. The van der Waals surface area contributed by atoms with Gasteiger partial charge < -0.3 is 14.5 Å². The predicted octanol–water partition coefficient (Wildman–Crippen LogP) is 2.99. The van der Waals surface area contributed by atoms with Crippen molar-refractivity contribution < 1.29 is 14.4 Å². The van der Waals surface area contributed by atoms with Gasteiger partial charge >= 0.3 is 0 Å². The maximum Gasteiger partial charge on any atom is 0.225 e. The normalized spacial score (nSPS) is 18.8. The molecule has 4 heterocycles. The van der Waals surface area contributed by atoms with Crippen LogP contribution in [0.4, 0.5) is 0 Å². The molecule has 2 fully saturated rings. The third-order valence-electron chi connectivity index (χ3n) is 6.73. The molecule has 1 amide bonds. The van der Waals surface area contributed by atoms with E-state index in [1.807, 2.05) is 29.2 Å². The first-order valence-corrected chi connectivity index (χ1v) is 11.7. The average Bonchev–Trinajstić information content (AvgIpc) is 2.88. The fourth-order valence-electron chi connectivity index (χ4n) is 4.88. The summed E-state index contributed by atoms with van der Waals surface area (Å²) >= 11 is 0. The summed E-state index contributed by atoms with van der Waals surface area (Å²) in [5, 5.41) is 4.27. The lowest BCUT2D eigenvalue weighted by Crippen LogP contribution is -2.46. The van der Waals surface area contributed by atoms with E-state index in [9.17, 15) is 4.79 Å². The molecule has 0 N–H and O–H groups in total. The Hall–Kier alpha value is -3.00. The third kappa shape index (κ3) is 5.68. The predicted molar refractivity (Wildman–Crippen MR) is 126 cm³/mol. The number of rotatable bonds is 7. The number of carbonyl (C=O) groups excluding carboxylic acids is 1. The highest BCUT2D eigenvalue weighted by Gasteiger charge is 2.33. The van der Waals surface area contributed by atoms with Crippen LogP contribution in [0.1, 0.15) is 36.9 Å². The van der Waals surface area contributed by atoms with Crippen LogP contribution in [0.15, 0.2) is 48.0 Å². The van der Waals surface area contributed by atoms with E-state index in [0.717, 1.165) is 81.1 Å². The van der Waals surface area contributed by atoms with Gasteiger partial charge in [-0.25, -0.2) is 0 Å². The van der Waals surface area contributed by atoms with Gasteiger partial charge in [0.2, 0.25) is 5.91 Å². The summed E-state index contributed by atoms with van der Waals surface area (Å²) in [6.45, 7) is 4.18. The van der Waals surface area contributed by atoms with Crippen molar-refractivity contribution in [2.24, 2.45) is 17.0 Å². The van der Waals surface area contributed by atoms with Gasteiger partial charge in [0.1, 0.15) is 18.6 Å². The van der Waals surface area contributed by atoms with Crippen molar-refractivity contribution >= 4 is 11.6 Å². The molecule has 33 heavy (non-hydrogen) atoms. The molecule has 0 saturated carbocycles. The van der Waals surface area contributed by atoms with Crippen molar-refractivity contribution in [3.05, 3.63) is 54.1 Å². The number of ether oxygens (including phenoxy) is 1. The second-order valence-corrected chi connectivity index (χ2v) is 8.71. The molecule has 0 radical (unpaired) electrons. The quantitative estimate of drug-likeness (QED) is 0.476. The van der Waals surface area contributed by atoms with E-state index in [-0.39, 0.29) is 11.8 Å². The molecule has 0 unspecified atom stereocenters. The maximum atomic E-state index is 13.2. The molecule has 2 aromatic rings. The summed E-state index contributed by atoms with van der Waals surface area (Å²) < 4.78 is 5.42. The summed E-state index contributed by atoms with van der Waals surface area (Å²) in [5.41, 5.74) is 2.87. The first kappa shape index (κ1) is 23.2. The van der Waals surface area contributed by atoms with Gasteiger partial charge in [-0.2, -0.15) is 0 Å². The Morgan fingerprint density at radius 1 is 1.03 bits per heavy atom. The zero-order chi connectivity index (χ0) is 23.0. The van der Waals surface area contributed by atoms with Crippen LogP contribution in [-0.4, -0.2) is 71.8 Å². The Morgan fingerprint density at radius 2 is 1.79 bits per heavy atom. The van der Waals surface area contributed by atoms with Crippen LogP contribution in [0.2, 0.25) is 0 Å². The number of amides is 1. The zero-order valence-electron chi connectivity index (χ0n) is 19.5. The lowest BCUT2D eigenvalue weighted by molar-refractivity contribution is -0.138. The van der Waals surface area contributed by atoms with Gasteiger partial charge in [-0.05, 0) is 57.0 Å². The Labute approximate surface area is 195 Å². The molecule has 2 aromatic heterocycles. The van der Waals surface area contributed by atoms with E-state index >= 15 is 0 Å². The Bertz CT molecular complexity index is 936. The lowest BCUT2D eigenvalue weighted by atomic mass is 9.88. The summed E-state index contributed by atoms with van der Waals surface area (Å²) in [7, 11) is 3.24. The average molecular weight is 452 g/mol. The molecular formula is C25H33N5O3. The van der Waals surface area contributed by atoms with Crippen molar-refractivity contribution in [3.8, 4) is 5.75 Å². The first-order chi connectivity index (χ1) is 16.2. The number of piperidine rings is 2. The fraction of sp³-hybridized carbons (Fsp3) is 0.520. The van der Waals surface area contributed by atoms with Crippen molar-refractivity contribution in [3.63, 3.8) is 0 Å². The summed E-state index contributed by atoms with van der Waals surface area (Å²) in [5.74, 6) is 1.49. The fourth-order valence-corrected chi connectivity index (χ4v) is 4.88. The van der Waals surface area contributed by atoms with Gasteiger partial charge in [0.15, 0.2) is 0 Å². The molecule has 0 spiro atoms. The number of carbonyl (C=O) groups is 1. The molecule has 0 bridgehead atoms. The summed E-state index contributed by atoms with van der Waals surface area (Å²) in [4.78, 5) is 31.3. The van der Waals surface area contributed by atoms with Gasteiger partial charge in [-0.1, -0.05) is 11.2 Å². The standard InChI is InChI=1S/C25H33N5O3/c1-32-23-17-26-12-6-21(23)18-29-13-7-20(8-14-29)25(31)30-15-9-19(10-16-30)24(28-33-2)22-5-3-4-11-27-22/h3-6,11-12,17,19-20H,7-10,13-16,18H2,1-2H3/b28-24+. The van der Waals surface area contributed by atoms with Crippen LogP contribution in [0.5, 0.6) is 5.75 Å². The van der Waals surface area contributed by atoms with E-state index in [1.165, 1.54) is 0 Å². The minimum absolute atomic E-state index is 0.111. The molecule has 4 rings (SSSR count). The number of hydrogen-bond acceptors (Lipinski definition) is 7. The molecule has 0 atom stereocenters. The van der Waals surface area contributed by atoms with Crippen LogP contribution in [0.25, 0.3) is 0 Å². The Kier molecular flexibility index (Phi) is 7.88. The molecule has 176 valence electrons. The largest absolute Gasteiger partial charge is 0.495 e. The molecule has 8 nitrogen and oxygen atoms in total. The van der Waals surface area contributed by atoms with Crippen molar-refractivity contribution in [2.45, 2.75) is 32.2 Å². The lowest BCUT2D eigenvalue weighted by Gasteiger charge is -2.37. The van der Waals surface area contributed by atoms with E-state index in [0.29, 0.717) is 5.91 Å². The highest BCUT2D eigenvalue weighted by atomic mass is 16.6. The van der Waals surface area contributed by atoms with Crippen LogP contribution in [0, 0.1) is 11.8 Å². The number of aromatic nitrogens is 2. The van der Waals surface area contributed by atoms with E-state index < -0.39 is 0 Å². The third-order valence-corrected chi connectivity index (χ3v) is 6.73. The minimum atomic E-state index is 0.111. The van der Waals surface area contributed by atoms with Crippen molar-refractivity contribution in [2.75, 3.05) is 40.4 Å². The van der Waals surface area contributed by atoms with Crippen LogP contribution >= 0.6 is 0 Å². The van der Waals surface area contributed by atoms with Gasteiger partial charge in [-0.15, -0.1) is 0 Å². The number of pyridine rings is 2. The Balaban J connectivity index is 1.28. The number of nitrogens with zero attached hydrogens (tertiary/aromatic N) is 5. The van der Waals surface area contributed by atoms with Crippen LogP contribution < -0.4 is 4.74 Å². The first-order valence-electron chi connectivity index (χ1n) is 11.7. The van der Waals surface area contributed by atoms with Crippen LogP contribution in [0.3, 0.4) is 0 Å². The molecular weight excluding hydrogens is 418 g/mol. The Morgan fingerprint density at radius 3 is 2.45 bits per heavy atom. The number of methoxy groups -OCH3 is 1. The van der Waals surface area contributed by atoms with Gasteiger partial charge in [0.05, 0.1) is 19.0 Å². The second-order valence-electron chi connectivity index (χ2n) is 8.71. The number of likely N-dealkylation sites (tertiary alicyclic amines) is 2. The van der Waals surface area contributed by atoms with Gasteiger partial charge in [0, 0.05) is 49.4 Å². The van der Waals surface area contributed by atoms with E-state index in [4.69, 9.17) is 9.57 Å². The van der Waals surface area contributed by atoms with E-state index in [1.54, 1.807) is 32.8 Å². The highest BCUT2D eigenvalue weighted by Crippen LogP contribution is 2.27. The molecule has 2 aliphatic heterocycles. The molecule has 2 saturated heterocycles. The highest BCUT2D eigenvalue weighted by molar-refractivity contribution is 6.00. The number of oxime groups is 1. The van der Waals surface area contributed by atoms with Gasteiger partial charge in [-0.3, -0.25) is 19.7 Å². The maximum absolute atomic E-state index is 13.2. The zero-order valence-corrected chi connectivity index (χ0v) is 19.5. The molecule has 0 aromatic carbocycles. The van der Waals surface area contributed by atoms with Crippen LogP contribution in [-0.2, 0) is 16.2 Å². The SMILES string of the molecule is CO/N=C(/c1ccccn1)C1CCN(C(=O)C2CCN(Cc3ccncc3OC)CC2)CC1. The summed E-state index contributed by atoms with van der Waals surface area (Å²) in [6.07, 6.45) is 8.89. The summed E-state index contributed by atoms with van der Waals surface area (Å²) in [6, 6.07) is 7.83. The monoisotopic (exact) mass is 451 g/mol. The van der Waals surface area contributed by atoms with Gasteiger partial charge in [0.25, 0.3) is 0 Å². The second kappa shape index (κ2) is 11.2. The molecule has 8 heteroatoms. The van der Waals surface area contributed by atoms with E-state index in [2.05, 4.69) is 20.0 Å². The molecule has 0 aliphatic carbocycles. The topological polar surface area (TPSA) is 80.2 Å².